The van der Waals surface area contributed by atoms with E-state index in [1.54, 1.807) is 7.05 Å². The molecule has 0 saturated carbocycles. The first-order valence-electron chi connectivity index (χ1n) is 7.19. The fourth-order valence-electron chi connectivity index (χ4n) is 2.40. The minimum Gasteiger partial charge on any atom is -0.373 e. The van der Waals surface area contributed by atoms with E-state index in [9.17, 15) is 0 Å². The monoisotopic (exact) mass is 407 g/mol. The molecule has 1 atom stereocenters. The van der Waals surface area contributed by atoms with Crippen molar-refractivity contribution in [2.24, 2.45) is 4.99 Å². The van der Waals surface area contributed by atoms with Gasteiger partial charge in [-0.1, -0.05) is 0 Å². The molecule has 0 spiro atoms. The highest BCUT2D eigenvalue weighted by atomic mass is 127. The second-order valence-electron chi connectivity index (χ2n) is 5.42. The maximum absolute atomic E-state index is 5.76. The van der Waals surface area contributed by atoms with E-state index in [0.29, 0.717) is 0 Å². The number of halogens is 1. The smallest absolute Gasteiger partial charge is 0.191 e. The Balaban J connectivity index is 0.00000220. The molecule has 0 aliphatic carbocycles. The lowest BCUT2D eigenvalue weighted by atomic mass is 10.0. The topological polar surface area (TPSA) is 63.5 Å². The van der Waals surface area contributed by atoms with Gasteiger partial charge in [-0.05, 0) is 26.7 Å². The molecule has 1 aromatic rings. The average molecular weight is 407 g/mol. The lowest BCUT2D eigenvalue weighted by Gasteiger charge is -2.24. The Morgan fingerprint density at radius 1 is 1.52 bits per heavy atom. The predicted octanol–water partition coefficient (Wildman–Crippen LogP) is 1.54. The third kappa shape index (κ3) is 5.46. The Labute approximate surface area is 143 Å². The van der Waals surface area contributed by atoms with E-state index in [-0.39, 0.29) is 29.6 Å². The fourth-order valence-corrected chi connectivity index (χ4v) is 2.40. The van der Waals surface area contributed by atoms with E-state index in [0.717, 1.165) is 50.9 Å². The summed E-state index contributed by atoms with van der Waals surface area (Å²) in [6.07, 6.45) is 6.05. The van der Waals surface area contributed by atoms with Gasteiger partial charge in [-0.15, -0.1) is 24.0 Å². The van der Waals surface area contributed by atoms with Crippen LogP contribution in [0.1, 0.15) is 25.6 Å². The SMILES string of the molecule is CN=C(NCCn1ccnc1C)NCC1(C)CCCO1.I. The molecule has 1 aromatic heterocycles. The van der Waals surface area contributed by atoms with Crippen LogP contribution in [0.5, 0.6) is 0 Å². The van der Waals surface area contributed by atoms with Crippen LogP contribution in [0.3, 0.4) is 0 Å². The van der Waals surface area contributed by atoms with E-state index in [4.69, 9.17) is 4.74 Å². The fraction of sp³-hybridized carbons (Fsp3) is 0.714. The summed E-state index contributed by atoms with van der Waals surface area (Å²) in [5.41, 5.74) is -0.0570. The molecule has 1 saturated heterocycles. The third-order valence-corrected chi connectivity index (χ3v) is 3.72. The molecule has 1 unspecified atom stereocenters. The van der Waals surface area contributed by atoms with E-state index in [1.807, 2.05) is 19.3 Å². The second-order valence-corrected chi connectivity index (χ2v) is 5.42. The maximum Gasteiger partial charge on any atom is 0.191 e. The summed E-state index contributed by atoms with van der Waals surface area (Å²) in [5.74, 6) is 1.85. The van der Waals surface area contributed by atoms with Crippen LogP contribution in [0.2, 0.25) is 0 Å². The Bertz CT molecular complexity index is 454. The van der Waals surface area contributed by atoms with Gasteiger partial charge in [0.1, 0.15) is 5.82 Å². The van der Waals surface area contributed by atoms with Crippen molar-refractivity contribution in [3.8, 4) is 0 Å². The molecule has 2 N–H and O–H groups in total. The molecule has 0 amide bonds. The molecule has 6 nitrogen and oxygen atoms in total. The number of hydrogen-bond acceptors (Lipinski definition) is 3. The van der Waals surface area contributed by atoms with E-state index < -0.39 is 0 Å². The molecule has 1 fully saturated rings. The molecule has 7 heteroatoms. The first-order chi connectivity index (χ1) is 9.63. The molecular formula is C14H26IN5O. The van der Waals surface area contributed by atoms with Gasteiger partial charge in [0.05, 0.1) is 5.60 Å². The highest BCUT2D eigenvalue weighted by Gasteiger charge is 2.29. The van der Waals surface area contributed by atoms with Gasteiger partial charge in [0.15, 0.2) is 5.96 Å². The van der Waals surface area contributed by atoms with Crippen LogP contribution in [0.4, 0.5) is 0 Å². The largest absolute Gasteiger partial charge is 0.373 e. The Kier molecular flexibility index (Phi) is 7.44. The van der Waals surface area contributed by atoms with Crippen molar-refractivity contribution in [2.45, 2.75) is 38.8 Å². The van der Waals surface area contributed by atoms with Gasteiger partial charge in [0.25, 0.3) is 0 Å². The zero-order chi connectivity index (χ0) is 14.4. The second kappa shape index (κ2) is 8.57. The molecule has 1 aliphatic rings. The third-order valence-electron chi connectivity index (χ3n) is 3.72. The summed E-state index contributed by atoms with van der Waals surface area (Å²) in [6, 6.07) is 0. The minimum atomic E-state index is -0.0570. The number of hydrogen-bond donors (Lipinski definition) is 2. The van der Waals surface area contributed by atoms with E-state index >= 15 is 0 Å². The van der Waals surface area contributed by atoms with Crippen molar-refractivity contribution < 1.29 is 4.74 Å². The molecule has 0 radical (unpaired) electrons. The summed E-state index contributed by atoms with van der Waals surface area (Å²) in [7, 11) is 1.79. The molecule has 0 aromatic carbocycles. The summed E-state index contributed by atoms with van der Waals surface area (Å²) < 4.78 is 7.87. The van der Waals surface area contributed by atoms with Crippen molar-refractivity contribution in [2.75, 3.05) is 26.7 Å². The number of imidazole rings is 1. The predicted molar refractivity (Wildman–Crippen MR) is 95.3 cm³/mol. The van der Waals surface area contributed by atoms with Crippen LogP contribution in [0.15, 0.2) is 17.4 Å². The lowest BCUT2D eigenvalue weighted by Crippen LogP contribution is -2.46. The average Bonchev–Trinajstić information content (AvgIpc) is 3.04. The molecule has 2 heterocycles. The van der Waals surface area contributed by atoms with Crippen LogP contribution in [0.25, 0.3) is 0 Å². The van der Waals surface area contributed by atoms with E-state index in [2.05, 4.69) is 32.1 Å². The van der Waals surface area contributed by atoms with Crippen molar-refractivity contribution in [1.82, 2.24) is 20.2 Å². The summed E-state index contributed by atoms with van der Waals surface area (Å²) >= 11 is 0. The molecule has 120 valence electrons. The van der Waals surface area contributed by atoms with Gasteiger partial charge in [-0.3, -0.25) is 4.99 Å². The normalized spacial score (nSPS) is 22.0. The first kappa shape index (κ1) is 18.2. The highest BCUT2D eigenvalue weighted by Crippen LogP contribution is 2.23. The number of nitrogens with one attached hydrogen (secondary N) is 2. The number of nitrogens with zero attached hydrogens (tertiary/aromatic N) is 3. The zero-order valence-corrected chi connectivity index (χ0v) is 15.4. The van der Waals surface area contributed by atoms with Crippen LogP contribution in [-0.4, -0.2) is 47.9 Å². The first-order valence-corrected chi connectivity index (χ1v) is 7.19. The minimum absolute atomic E-state index is 0. The van der Waals surface area contributed by atoms with Gasteiger partial charge < -0.3 is 19.9 Å². The van der Waals surface area contributed by atoms with Gasteiger partial charge in [-0.25, -0.2) is 4.98 Å². The van der Waals surface area contributed by atoms with Gasteiger partial charge in [-0.2, -0.15) is 0 Å². The number of aliphatic imine (C=N–C) groups is 1. The molecule has 2 rings (SSSR count). The Hall–Kier alpha value is -0.830. The van der Waals surface area contributed by atoms with Gasteiger partial charge in [0, 0.05) is 45.7 Å². The lowest BCUT2D eigenvalue weighted by molar-refractivity contribution is 0.0243. The van der Waals surface area contributed by atoms with Gasteiger partial charge in [0.2, 0.25) is 0 Å². The number of ether oxygens (including phenoxy) is 1. The number of rotatable bonds is 5. The van der Waals surface area contributed by atoms with Crippen LogP contribution in [-0.2, 0) is 11.3 Å². The summed E-state index contributed by atoms with van der Waals surface area (Å²) in [6.45, 7) is 7.50. The quantitative estimate of drug-likeness (QED) is 0.442. The van der Waals surface area contributed by atoms with Crippen LogP contribution >= 0.6 is 24.0 Å². The highest BCUT2D eigenvalue weighted by molar-refractivity contribution is 14.0. The maximum atomic E-state index is 5.76. The Morgan fingerprint density at radius 3 is 2.90 bits per heavy atom. The Morgan fingerprint density at radius 2 is 2.33 bits per heavy atom. The number of guanidine groups is 1. The van der Waals surface area contributed by atoms with Crippen molar-refractivity contribution in [1.29, 1.82) is 0 Å². The summed E-state index contributed by atoms with van der Waals surface area (Å²) in [5, 5.41) is 6.65. The van der Waals surface area contributed by atoms with Crippen LogP contribution in [0, 0.1) is 6.92 Å². The number of aryl methyl sites for hydroxylation is 1. The molecule has 1 aliphatic heterocycles. The molecular weight excluding hydrogens is 381 g/mol. The van der Waals surface area contributed by atoms with Gasteiger partial charge >= 0.3 is 0 Å². The van der Waals surface area contributed by atoms with Crippen molar-refractivity contribution >= 4 is 29.9 Å². The standard InChI is InChI=1S/C14H25N5O.HI/c1-12-16-6-8-19(12)9-7-17-13(15-3)18-11-14(2)5-4-10-20-14;/h6,8H,4-5,7,9-11H2,1-3H3,(H2,15,17,18);1H. The van der Waals surface area contributed by atoms with Crippen LogP contribution < -0.4 is 10.6 Å². The van der Waals surface area contributed by atoms with Crippen molar-refractivity contribution in [3.05, 3.63) is 18.2 Å². The number of aromatic nitrogens is 2. The molecule has 0 bridgehead atoms. The zero-order valence-electron chi connectivity index (χ0n) is 13.1. The summed E-state index contributed by atoms with van der Waals surface area (Å²) in [4.78, 5) is 8.44. The molecule has 21 heavy (non-hydrogen) atoms. The van der Waals surface area contributed by atoms with E-state index in [1.165, 1.54) is 0 Å². The van der Waals surface area contributed by atoms with Crippen molar-refractivity contribution in [3.63, 3.8) is 0 Å².